The Kier molecular flexibility index (Phi) is 3.35. The Labute approximate surface area is 125 Å². The molecular weight excluding hydrogens is 292 g/mol. The number of hydrogen-bond acceptors (Lipinski definition) is 4. The first-order valence-corrected chi connectivity index (χ1v) is 7.29. The summed E-state index contributed by atoms with van der Waals surface area (Å²) in [6, 6.07) is 7.38. The predicted octanol–water partition coefficient (Wildman–Crippen LogP) is 3.84. The largest absolute Gasteiger partial charge is 0.379 e. The van der Waals surface area contributed by atoms with Crippen molar-refractivity contribution in [3.63, 3.8) is 0 Å². The number of halogens is 1. The summed E-state index contributed by atoms with van der Waals surface area (Å²) in [4.78, 5) is 5.50. The fraction of sp³-hybridized carbons (Fsp3) is 0.143. The van der Waals surface area contributed by atoms with Gasteiger partial charge in [-0.05, 0) is 25.1 Å². The second-order valence-corrected chi connectivity index (χ2v) is 5.64. The van der Waals surface area contributed by atoms with Crippen LogP contribution in [0.25, 0.3) is 4.96 Å². The number of nitriles is 1. The van der Waals surface area contributed by atoms with E-state index in [0.29, 0.717) is 17.1 Å². The fourth-order valence-electron chi connectivity index (χ4n) is 2.06. The minimum atomic E-state index is 0.461. The number of nitrogens with one attached hydrogen (secondary N) is 1. The molecule has 0 aliphatic heterocycles. The van der Waals surface area contributed by atoms with Crippen LogP contribution in [-0.2, 0) is 6.54 Å². The molecule has 0 amide bonds. The standard InChI is InChI=1S/C14H11ClN4S/c1-9-13(19-4-5-20-14(19)18-9)8-17-11-3-2-10(7-16)12(15)6-11/h2-6,17H,8H2,1H3. The van der Waals surface area contributed by atoms with Crippen LogP contribution in [0, 0.1) is 18.3 Å². The minimum Gasteiger partial charge on any atom is -0.379 e. The molecule has 2 aromatic heterocycles. The number of hydrogen-bond donors (Lipinski definition) is 1. The lowest BCUT2D eigenvalue weighted by Crippen LogP contribution is -2.03. The molecule has 1 aromatic carbocycles. The molecule has 0 saturated carbocycles. The van der Waals surface area contributed by atoms with Crippen molar-refractivity contribution in [1.29, 1.82) is 5.26 Å². The molecule has 20 heavy (non-hydrogen) atoms. The zero-order valence-corrected chi connectivity index (χ0v) is 12.3. The summed E-state index contributed by atoms with van der Waals surface area (Å²) in [6.45, 7) is 2.66. The topological polar surface area (TPSA) is 53.1 Å². The average molecular weight is 303 g/mol. The summed E-state index contributed by atoms with van der Waals surface area (Å²) in [5.74, 6) is 0. The van der Waals surface area contributed by atoms with E-state index >= 15 is 0 Å². The van der Waals surface area contributed by atoms with E-state index in [2.05, 4.69) is 14.7 Å². The molecule has 0 aliphatic rings. The fourth-order valence-corrected chi connectivity index (χ4v) is 3.06. The van der Waals surface area contributed by atoms with Gasteiger partial charge in [0.25, 0.3) is 0 Å². The molecular formula is C14H11ClN4S. The number of aryl methyl sites for hydroxylation is 1. The van der Waals surface area contributed by atoms with Crippen molar-refractivity contribution in [1.82, 2.24) is 9.38 Å². The third kappa shape index (κ3) is 2.24. The summed E-state index contributed by atoms with van der Waals surface area (Å²) < 4.78 is 2.08. The van der Waals surface area contributed by atoms with Gasteiger partial charge in [0.2, 0.25) is 0 Å². The van der Waals surface area contributed by atoms with E-state index in [1.54, 1.807) is 23.5 Å². The number of fused-ring (bicyclic) bond motifs is 1. The summed E-state index contributed by atoms with van der Waals surface area (Å²) in [6.07, 6.45) is 2.02. The van der Waals surface area contributed by atoms with Crippen molar-refractivity contribution < 1.29 is 0 Å². The van der Waals surface area contributed by atoms with Crippen molar-refractivity contribution in [2.75, 3.05) is 5.32 Å². The summed E-state index contributed by atoms with van der Waals surface area (Å²) in [5, 5.41) is 14.6. The molecule has 0 unspecified atom stereocenters. The molecule has 0 saturated heterocycles. The van der Waals surface area contributed by atoms with Gasteiger partial charge in [0.05, 0.1) is 28.5 Å². The Morgan fingerprint density at radius 2 is 2.35 bits per heavy atom. The Hall–Kier alpha value is -2.03. The number of nitrogens with zero attached hydrogens (tertiary/aromatic N) is 3. The Morgan fingerprint density at radius 1 is 1.50 bits per heavy atom. The number of rotatable bonds is 3. The highest BCUT2D eigenvalue weighted by Crippen LogP contribution is 2.22. The van der Waals surface area contributed by atoms with Gasteiger partial charge in [-0.25, -0.2) is 4.98 Å². The molecule has 100 valence electrons. The number of thiazole rings is 1. The zero-order valence-electron chi connectivity index (χ0n) is 10.7. The van der Waals surface area contributed by atoms with E-state index in [1.165, 1.54) is 0 Å². The van der Waals surface area contributed by atoms with Crippen molar-refractivity contribution in [2.24, 2.45) is 0 Å². The maximum atomic E-state index is 8.86. The van der Waals surface area contributed by atoms with Crippen molar-refractivity contribution >= 4 is 33.6 Å². The first-order valence-electron chi connectivity index (χ1n) is 6.03. The van der Waals surface area contributed by atoms with Crippen LogP contribution in [0.3, 0.4) is 0 Å². The Bertz CT molecular complexity index is 812. The van der Waals surface area contributed by atoms with Gasteiger partial charge in [-0.15, -0.1) is 11.3 Å². The average Bonchev–Trinajstić information content (AvgIpc) is 2.97. The summed E-state index contributed by atoms with van der Waals surface area (Å²) >= 11 is 7.64. The van der Waals surface area contributed by atoms with E-state index in [0.717, 1.165) is 22.0 Å². The van der Waals surface area contributed by atoms with Crippen molar-refractivity contribution in [3.05, 3.63) is 51.7 Å². The molecule has 6 heteroatoms. The van der Waals surface area contributed by atoms with E-state index in [1.807, 2.05) is 30.6 Å². The molecule has 2 heterocycles. The lowest BCUT2D eigenvalue weighted by Gasteiger charge is -2.07. The monoisotopic (exact) mass is 302 g/mol. The first-order chi connectivity index (χ1) is 9.69. The smallest absolute Gasteiger partial charge is 0.194 e. The van der Waals surface area contributed by atoms with Crippen LogP contribution in [0.2, 0.25) is 5.02 Å². The molecule has 1 N–H and O–H groups in total. The molecule has 4 nitrogen and oxygen atoms in total. The number of benzene rings is 1. The van der Waals surface area contributed by atoms with Crippen molar-refractivity contribution in [2.45, 2.75) is 13.5 Å². The predicted molar refractivity (Wildman–Crippen MR) is 81.3 cm³/mol. The van der Waals surface area contributed by atoms with Gasteiger partial charge in [0, 0.05) is 17.3 Å². The maximum Gasteiger partial charge on any atom is 0.194 e. The van der Waals surface area contributed by atoms with E-state index in [9.17, 15) is 0 Å². The van der Waals surface area contributed by atoms with Gasteiger partial charge in [-0.1, -0.05) is 11.6 Å². The normalized spacial score (nSPS) is 10.7. The van der Waals surface area contributed by atoms with Crippen LogP contribution >= 0.6 is 22.9 Å². The number of aromatic nitrogens is 2. The SMILES string of the molecule is Cc1nc2sccn2c1CNc1ccc(C#N)c(Cl)c1. The third-order valence-electron chi connectivity index (χ3n) is 3.11. The van der Waals surface area contributed by atoms with Crippen LogP contribution in [0.1, 0.15) is 17.0 Å². The Morgan fingerprint density at radius 3 is 3.10 bits per heavy atom. The Balaban J connectivity index is 1.83. The van der Waals surface area contributed by atoms with Gasteiger partial charge < -0.3 is 5.32 Å². The second kappa shape index (κ2) is 5.16. The van der Waals surface area contributed by atoms with Gasteiger partial charge >= 0.3 is 0 Å². The molecule has 0 bridgehead atoms. The minimum absolute atomic E-state index is 0.461. The lowest BCUT2D eigenvalue weighted by atomic mass is 10.2. The molecule has 0 fully saturated rings. The molecule has 3 aromatic rings. The van der Waals surface area contributed by atoms with Gasteiger partial charge in [-0.3, -0.25) is 4.40 Å². The van der Waals surface area contributed by atoms with Crippen LogP contribution in [-0.4, -0.2) is 9.38 Å². The maximum absolute atomic E-state index is 8.86. The molecule has 0 atom stereocenters. The molecule has 0 spiro atoms. The zero-order chi connectivity index (χ0) is 14.1. The van der Waals surface area contributed by atoms with Crippen LogP contribution in [0.4, 0.5) is 5.69 Å². The quantitative estimate of drug-likeness (QED) is 0.799. The van der Waals surface area contributed by atoms with E-state index < -0.39 is 0 Å². The summed E-state index contributed by atoms with van der Waals surface area (Å²) in [5.41, 5.74) is 3.52. The van der Waals surface area contributed by atoms with Crippen LogP contribution < -0.4 is 5.32 Å². The van der Waals surface area contributed by atoms with Crippen LogP contribution in [0.5, 0.6) is 0 Å². The second-order valence-electron chi connectivity index (χ2n) is 4.36. The molecule has 0 aliphatic carbocycles. The van der Waals surface area contributed by atoms with Gasteiger partial charge in [-0.2, -0.15) is 5.26 Å². The van der Waals surface area contributed by atoms with Crippen LogP contribution in [0.15, 0.2) is 29.8 Å². The highest BCUT2D eigenvalue weighted by Gasteiger charge is 2.09. The summed E-state index contributed by atoms with van der Waals surface area (Å²) in [7, 11) is 0. The molecule has 3 rings (SSSR count). The number of anilines is 1. The lowest BCUT2D eigenvalue weighted by molar-refractivity contribution is 0.994. The highest BCUT2D eigenvalue weighted by molar-refractivity contribution is 7.15. The van der Waals surface area contributed by atoms with E-state index in [-0.39, 0.29) is 0 Å². The van der Waals surface area contributed by atoms with Crippen molar-refractivity contribution in [3.8, 4) is 6.07 Å². The molecule has 0 radical (unpaired) electrons. The van der Waals surface area contributed by atoms with E-state index in [4.69, 9.17) is 16.9 Å². The number of imidazole rings is 1. The van der Waals surface area contributed by atoms with Gasteiger partial charge in [0.1, 0.15) is 6.07 Å². The third-order valence-corrected chi connectivity index (χ3v) is 4.18. The van der Waals surface area contributed by atoms with Gasteiger partial charge in [0.15, 0.2) is 4.96 Å². The highest BCUT2D eigenvalue weighted by atomic mass is 35.5. The first kappa shape index (κ1) is 13.0.